The standard InChI is InChI=1S/C13H25N3/c1-5-7-8-16-13(6-2)12(10-15-16)9-14-11(3)4/h10-11,14H,5-9H2,1-4H3. The van der Waals surface area contributed by atoms with Gasteiger partial charge in [0.1, 0.15) is 0 Å². The zero-order valence-corrected chi connectivity index (χ0v) is 11.1. The molecule has 0 amide bonds. The third kappa shape index (κ3) is 3.63. The normalized spacial score (nSPS) is 11.3. The lowest BCUT2D eigenvalue weighted by atomic mass is 10.2. The molecule has 1 N–H and O–H groups in total. The van der Waals surface area contributed by atoms with Gasteiger partial charge < -0.3 is 5.32 Å². The molecule has 0 radical (unpaired) electrons. The molecule has 0 saturated carbocycles. The first kappa shape index (κ1) is 13.2. The molecule has 0 spiro atoms. The second-order valence-corrected chi connectivity index (χ2v) is 4.58. The van der Waals surface area contributed by atoms with Gasteiger partial charge in [-0.1, -0.05) is 34.1 Å². The molecule has 3 heteroatoms. The van der Waals surface area contributed by atoms with Crippen LogP contribution in [0, 0.1) is 0 Å². The van der Waals surface area contributed by atoms with Crippen LogP contribution in [0.3, 0.4) is 0 Å². The minimum absolute atomic E-state index is 0.531. The van der Waals surface area contributed by atoms with E-state index in [1.807, 2.05) is 6.20 Å². The highest BCUT2D eigenvalue weighted by molar-refractivity contribution is 5.17. The molecule has 0 aliphatic rings. The Kier molecular flexibility index (Phi) is 5.53. The lowest BCUT2D eigenvalue weighted by Gasteiger charge is -2.10. The fraction of sp³-hybridized carbons (Fsp3) is 0.769. The summed E-state index contributed by atoms with van der Waals surface area (Å²) in [5, 5.41) is 7.93. The average molecular weight is 223 g/mol. The molecule has 1 rings (SSSR count). The molecule has 0 atom stereocenters. The van der Waals surface area contributed by atoms with Gasteiger partial charge in [0.2, 0.25) is 0 Å². The lowest BCUT2D eigenvalue weighted by molar-refractivity contribution is 0.545. The molecule has 0 aliphatic carbocycles. The third-order valence-corrected chi connectivity index (χ3v) is 2.79. The molecule has 1 aromatic rings. The van der Waals surface area contributed by atoms with Crippen molar-refractivity contribution in [2.45, 2.75) is 66.1 Å². The van der Waals surface area contributed by atoms with Crippen molar-refractivity contribution in [3.05, 3.63) is 17.5 Å². The van der Waals surface area contributed by atoms with Crippen LogP contribution < -0.4 is 5.32 Å². The van der Waals surface area contributed by atoms with Crippen molar-refractivity contribution in [3.8, 4) is 0 Å². The second-order valence-electron chi connectivity index (χ2n) is 4.58. The van der Waals surface area contributed by atoms with Gasteiger partial charge in [-0.25, -0.2) is 0 Å². The smallest absolute Gasteiger partial charge is 0.0537 e. The summed E-state index contributed by atoms with van der Waals surface area (Å²) in [5.74, 6) is 0. The Morgan fingerprint density at radius 3 is 2.69 bits per heavy atom. The largest absolute Gasteiger partial charge is 0.310 e. The molecule has 0 aliphatic heterocycles. The molecule has 0 aromatic carbocycles. The highest BCUT2D eigenvalue weighted by atomic mass is 15.3. The van der Waals surface area contributed by atoms with Gasteiger partial charge in [0, 0.05) is 30.4 Å². The monoisotopic (exact) mass is 223 g/mol. The fourth-order valence-corrected chi connectivity index (χ4v) is 1.82. The Bertz CT molecular complexity index is 302. The summed E-state index contributed by atoms with van der Waals surface area (Å²) in [6, 6.07) is 0.531. The van der Waals surface area contributed by atoms with Crippen LogP contribution in [0.5, 0.6) is 0 Å². The molecule has 0 saturated heterocycles. The molecule has 0 fully saturated rings. The summed E-state index contributed by atoms with van der Waals surface area (Å²) in [6.45, 7) is 10.8. The van der Waals surface area contributed by atoms with Crippen LogP contribution in [-0.2, 0) is 19.5 Å². The first-order valence-corrected chi connectivity index (χ1v) is 6.45. The van der Waals surface area contributed by atoms with Crippen LogP contribution in [0.15, 0.2) is 6.20 Å². The van der Waals surface area contributed by atoms with Crippen molar-refractivity contribution in [1.82, 2.24) is 15.1 Å². The third-order valence-electron chi connectivity index (χ3n) is 2.79. The fourth-order valence-electron chi connectivity index (χ4n) is 1.82. The van der Waals surface area contributed by atoms with E-state index in [2.05, 4.69) is 42.8 Å². The first-order valence-electron chi connectivity index (χ1n) is 6.45. The second kappa shape index (κ2) is 6.69. The maximum atomic E-state index is 4.48. The quantitative estimate of drug-likeness (QED) is 0.770. The topological polar surface area (TPSA) is 29.9 Å². The van der Waals surface area contributed by atoms with Crippen LogP contribution >= 0.6 is 0 Å². The summed E-state index contributed by atoms with van der Waals surface area (Å²) in [6.07, 6.45) is 5.52. The van der Waals surface area contributed by atoms with E-state index in [1.54, 1.807) is 0 Å². The van der Waals surface area contributed by atoms with Gasteiger partial charge in [0.25, 0.3) is 0 Å². The van der Waals surface area contributed by atoms with Crippen LogP contribution in [-0.4, -0.2) is 15.8 Å². The summed E-state index contributed by atoms with van der Waals surface area (Å²) in [4.78, 5) is 0. The summed E-state index contributed by atoms with van der Waals surface area (Å²) >= 11 is 0. The minimum atomic E-state index is 0.531. The zero-order chi connectivity index (χ0) is 12.0. The van der Waals surface area contributed by atoms with Gasteiger partial charge >= 0.3 is 0 Å². The Morgan fingerprint density at radius 1 is 1.38 bits per heavy atom. The number of unbranched alkanes of at least 4 members (excludes halogenated alkanes) is 1. The maximum Gasteiger partial charge on any atom is 0.0537 e. The maximum absolute atomic E-state index is 4.48. The number of aryl methyl sites for hydroxylation is 1. The van der Waals surface area contributed by atoms with E-state index in [-0.39, 0.29) is 0 Å². The SMILES string of the molecule is CCCCn1ncc(CNC(C)C)c1CC. The number of hydrogen-bond donors (Lipinski definition) is 1. The van der Waals surface area contributed by atoms with Crippen molar-refractivity contribution in [1.29, 1.82) is 0 Å². The number of hydrogen-bond acceptors (Lipinski definition) is 2. The summed E-state index contributed by atoms with van der Waals surface area (Å²) in [5.41, 5.74) is 2.74. The molecule has 16 heavy (non-hydrogen) atoms. The van der Waals surface area contributed by atoms with Gasteiger partial charge in [-0.3, -0.25) is 4.68 Å². The van der Waals surface area contributed by atoms with Gasteiger partial charge in [-0.2, -0.15) is 5.10 Å². The van der Waals surface area contributed by atoms with E-state index in [1.165, 1.54) is 24.1 Å². The molecule has 0 unspecified atom stereocenters. The molecule has 1 aromatic heterocycles. The number of aromatic nitrogens is 2. The molecular weight excluding hydrogens is 198 g/mol. The van der Waals surface area contributed by atoms with Crippen LogP contribution in [0.4, 0.5) is 0 Å². The first-order chi connectivity index (χ1) is 7.69. The zero-order valence-electron chi connectivity index (χ0n) is 11.1. The lowest BCUT2D eigenvalue weighted by Crippen LogP contribution is -2.22. The van der Waals surface area contributed by atoms with E-state index < -0.39 is 0 Å². The minimum Gasteiger partial charge on any atom is -0.310 e. The van der Waals surface area contributed by atoms with Crippen molar-refractivity contribution in [3.63, 3.8) is 0 Å². The molecule has 1 heterocycles. The van der Waals surface area contributed by atoms with E-state index in [0.717, 1.165) is 19.5 Å². The Balaban J connectivity index is 2.66. The van der Waals surface area contributed by atoms with Crippen molar-refractivity contribution in [2.75, 3.05) is 0 Å². The predicted molar refractivity (Wildman–Crippen MR) is 68.5 cm³/mol. The molecule has 0 bridgehead atoms. The van der Waals surface area contributed by atoms with Crippen LogP contribution in [0.1, 0.15) is 51.8 Å². The van der Waals surface area contributed by atoms with Gasteiger partial charge in [0.15, 0.2) is 0 Å². The van der Waals surface area contributed by atoms with Crippen LogP contribution in [0.2, 0.25) is 0 Å². The highest BCUT2D eigenvalue weighted by Crippen LogP contribution is 2.10. The number of nitrogens with one attached hydrogen (secondary N) is 1. The Hall–Kier alpha value is -0.830. The van der Waals surface area contributed by atoms with Crippen molar-refractivity contribution < 1.29 is 0 Å². The van der Waals surface area contributed by atoms with Gasteiger partial charge in [-0.05, 0) is 12.8 Å². The van der Waals surface area contributed by atoms with E-state index in [4.69, 9.17) is 0 Å². The summed E-state index contributed by atoms with van der Waals surface area (Å²) < 4.78 is 2.17. The summed E-state index contributed by atoms with van der Waals surface area (Å²) in [7, 11) is 0. The van der Waals surface area contributed by atoms with E-state index >= 15 is 0 Å². The molecular formula is C13H25N3. The van der Waals surface area contributed by atoms with Gasteiger partial charge in [0.05, 0.1) is 6.20 Å². The molecule has 92 valence electrons. The number of nitrogens with zero attached hydrogens (tertiary/aromatic N) is 2. The van der Waals surface area contributed by atoms with Gasteiger partial charge in [-0.15, -0.1) is 0 Å². The average Bonchev–Trinajstić information content (AvgIpc) is 2.65. The predicted octanol–water partition coefficient (Wildman–Crippen LogP) is 2.74. The van der Waals surface area contributed by atoms with Crippen molar-refractivity contribution in [2.24, 2.45) is 0 Å². The van der Waals surface area contributed by atoms with E-state index in [0.29, 0.717) is 6.04 Å². The Labute approximate surface area is 99.2 Å². The highest BCUT2D eigenvalue weighted by Gasteiger charge is 2.08. The van der Waals surface area contributed by atoms with E-state index in [9.17, 15) is 0 Å². The number of rotatable bonds is 7. The van der Waals surface area contributed by atoms with Crippen LogP contribution in [0.25, 0.3) is 0 Å². The Morgan fingerprint density at radius 2 is 2.12 bits per heavy atom. The molecule has 3 nitrogen and oxygen atoms in total. The van der Waals surface area contributed by atoms with Crippen molar-refractivity contribution >= 4 is 0 Å².